The predicted molar refractivity (Wildman–Crippen MR) is 92.6 cm³/mol. The number of halogens is 1. The van der Waals surface area contributed by atoms with Gasteiger partial charge >= 0.3 is 0 Å². The molecule has 0 saturated heterocycles. The van der Waals surface area contributed by atoms with Crippen molar-refractivity contribution in [2.75, 3.05) is 20.6 Å². The number of hydrogen-bond acceptors (Lipinski definition) is 3. The van der Waals surface area contributed by atoms with Crippen LogP contribution in [0.25, 0.3) is 11.0 Å². The van der Waals surface area contributed by atoms with Crippen LogP contribution in [-0.4, -0.2) is 26.5 Å². The van der Waals surface area contributed by atoms with Crippen LogP contribution < -0.4 is 10.2 Å². The minimum atomic E-state index is -0.238. The summed E-state index contributed by atoms with van der Waals surface area (Å²) in [4.78, 5) is 13.7. The number of carbonyl (C=O) groups is 1. The van der Waals surface area contributed by atoms with Gasteiger partial charge in [0.2, 0.25) is 0 Å². The van der Waals surface area contributed by atoms with E-state index < -0.39 is 0 Å². The molecule has 2 heterocycles. The molecule has 5 nitrogen and oxygen atoms in total. The molecule has 1 atom stereocenters. The summed E-state index contributed by atoms with van der Waals surface area (Å²) in [7, 11) is 4.04. The van der Waals surface area contributed by atoms with Gasteiger partial charge in [0.05, 0.1) is 26.9 Å². The molecule has 126 valence electrons. The molecule has 3 rings (SSSR count). The second-order valence-electron chi connectivity index (χ2n) is 6.05. The van der Waals surface area contributed by atoms with Crippen LogP contribution in [0.3, 0.4) is 0 Å². The van der Waals surface area contributed by atoms with Crippen LogP contribution in [0, 0.1) is 6.92 Å². The molecule has 0 aliphatic carbocycles. The number of furan rings is 2. The Hall–Kier alpha value is -2.24. The van der Waals surface area contributed by atoms with Crippen molar-refractivity contribution in [3.63, 3.8) is 0 Å². The molecule has 0 radical (unpaired) electrons. The van der Waals surface area contributed by atoms with E-state index in [-0.39, 0.29) is 11.9 Å². The van der Waals surface area contributed by atoms with E-state index >= 15 is 0 Å². The Kier molecular flexibility index (Phi) is 4.64. The zero-order chi connectivity index (χ0) is 17.3. The summed E-state index contributed by atoms with van der Waals surface area (Å²) < 4.78 is 11.2. The summed E-state index contributed by atoms with van der Waals surface area (Å²) in [6.07, 6.45) is 1.64. The van der Waals surface area contributed by atoms with Crippen molar-refractivity contribution in [2.45, 2.75) is 13.0 Å². The van der Waals surface area contributed by atoms with Crippen molar-refractivity contribution in [2.24, 2.45) is 0 Å². The molecule has 0 aliphatic rings. The van der Waals surface area contributed by atoms with Crippen molar-refractivity contribution in [3.8, 4) is 0 Å². The third-order valence-corrected chi connectivity index (χ3v) is 4.39. The molecule has 0 bridgehead atoms. The molecular formula is C18H20ClN2O3+. The lowest BCUT2D eigenvalue weighted by Crippen LogP contribution is -3.07. The fourth-order valence-corrected chi connectivity index (χ4v) is 2.94. The molecule has 0 aliphatic heterocycles. The van der Waals surface area contributed by atoms with Crippen molar-refractivity contribution in [1.29, 1.82) is 0 Å². The van der Waals surface area contributed by atoms with Crippen molar-refractivity contribution in [3.05, 3.63) is 58.7 Å². The van der Waals surface area contributed by atoms with Gasteiger partial charge < -0.3 is 19.1 Å². The van der Waals surface area contributed by atoms with Crippen LogP contribution in [0.1, 0.15) is 27.9 Å². The number of quaternary nitrogens is 1. The molecule has 0 spiro atoms. The lowest BCUT2D eigenvalue weighted by atomic mass is 10.1. The van der Waals surface area contributed by atoms with Crippen LogP contribution in [0.2, 0.25) is 5.02 Å². The Bertz CT molecular complexity index is 853. The number of amides is 1. The fraction of sp³-hybridized carbons (Fsp3) is 0.278. The Balaban J connectivity index is 1.79. The highest BCUT2D eigenvalue weighted by Gasteiger charge is 2.24. The third-order valence-electron chi connectivity index (χ3n) is 4.15. The highest BCUT2D eigenvalue weighted by molar-refractivity contribution is 6.31. The Labute approximate surface area is 145 Å². The number of fused-ring (bicyclic) bond motifs is 1. The van der Waals surface area contributed by atoms with Crippen LogP contribution in [-0.2, 0) is 0 Å². The minimum absolute atomic E-state index is 0.0306. The zero-order valence-electron chi connectivity index (χ0n) is 13.9. The third kappa shape index (κ3) is 3.18. The molecular weight excluding hydrogens is 328 g/mol. The fourth-order valence-electron chi connectivity index (χ4n) is 2.76. The Morgan fingerprint density at radius 2 is 2.12 bits per heavy atom. The SMILES string of the molecule is Cc1c(C(=O)NC[C@H](c2ccco2)[NH+](C)C)oc2ccc(Cl)cc12. The summed E-state index contributed by atoms with van der Waals surface area (Å²) in [5.74, 6) is 0.917. The number of aryl methyl sites for hydroxylation is 1. The van der Waals surface area contributed by atoms with E-state index in [4.69, 9.17) is 20.4 Å². The largest absolute Gasteiger partial charge is 0.463 e. The number of rotatable bonds is 5. The van der Waals surface area contributed by atoms with Gasteiger partial charge in [-0.3, -0.25) is 4.79 Å². The van der Waals surface area contributed by atoms with Gasteiger partial charge in [-0.05, 0) is 37.3 Å². The number of carbonyl (C=O) groups excluding carboxylic acids is 1. The van der Waals surface area contributed by atoms with E-state index in [2.05, 4.69) is 5.32 Å². The second kappa shape index (κ2) is 6.71. The van der Waals surface area contributed by atoms with E-state index in [1.54, 1.807) is 18.4 Å². The number of nitrogens with one attached hydrogen (secondary N) is 2. The predicted octanol–water partition coefficient (Wildman–Crippen LogP) is 2.60. The topological polar surface area (TPSA) is 59.8 Å². The molecule has 0 fully saturated rings. The van der Waals surface area contributed by atoms with Gasteiger partial charge in [0, 0.05) is 16.0 Å². The van der Waals surface area contributed by atoms with E-state index in [9.17, 15) is 4.79 Å². The molecule has 3 aromatic rings. The first-order valence-corrected chi connectivity index (χ1v) is 8.15. The van der Waals surface area contributed by atoms with Crippen LogP contribution in [0.4, 0.5) is 0 Å². The van der Waals surface area contributed by atoms with Crippen LogP contribution in [0.5, 0.6) is 0 Å². The van der Waals surface area contributed by atoms with Gasteiger partial charge in [-0.1, -0.05) is 11.6 Å². The zero-order valence-corrected chi connectivity index (χ0v) is 14.6. The lowest BCUT2D eigenvalue weighted by Gasteiger charge is -2.19. The minimum Gasteiger partial charge on any atom is -0.463 e. The average Bonchev–Trinajstić information content (AvgIpc) is 3.16. The number of likely N-dealkylation sites (N-methyl/N-ethyl adjacent to an activating group) is 1. The molecule has 1 aromatic carbocycles. The van der Waals surface area contributed by atoms with Gasteiger partial charge in [-0.2, -0.15) is 0 Å². The van der Waals surface area contributed by atoms with Gasteiger partial charge in [0.1, 0.15) is 5.58 Å². The highest BCUT2D eigenvalue weighted by atomic mass is 35.5. The Morgan fingerprint density at radius 1 is 1.33 bits per heavy atom. The number of benzene rings is 1. The van der Waals surface area contributed by atoms with E-state index in [1.165, 1.54) is 4.90 Å². The molecule has 6 heteroatoms. The first-order valence-electron chi connectivity index (χ1n) is 7.77. The van der Waals surface area contributed by atoms with Crippen LogP contribution >= 0.6 is 11.6 Å². The molecule has 0 unspecified atom stereocenters. The maximum atomic E-state index is 12.5. The summed E-state index contributed by atoms with van der Waals surface area (Å²) in [5.41, 5.74) is 1.44. The van der Waals surface area contributed by atoms with Crippen molar-refractivity contribution < 1.29 is 18.5 Å². The summed E-state index contributed by atoms with van der Waals surface area (Å²) in [5, 5.41) is 4.41. The first kappa shape index (κ1) is 16.6. The number of hydrogen-bond donors (Lipinski definition) is 2. The highest BCUT2D eigenvalue weighted by Crippen LogP contribution is 2.27. The Morgan fingerprint density at radius 3 is 2.79 bits per heavy atom. The molecule has 24 heavy (non-hydrogen) atoms. The van der Waals surface area contributed by atoms with Gasteiger partial charge in [0.15, 0.2) is 17.6 Å². The van der Waals surface area contributed by atoms with Gasteiger partial charge in [0.25, 0.3) is 5.91 Å². The van der Waals surface area contributed by atoms with E-state index in [0.717, 1.165) is 16.7 Å². The summed E-state index contributed by atoms with van der Waals surface area (Å²) in [6.45, 7) is 2.31. The average molecular weight is 348 g/mol. The standard InChI is InChI=1S/C18H19ClN2O3/c1-11-13-9-12(19)6-7-15(13)24-17(11)18(22)20-10-14(21(2)3)16-5-4-8-23-16/h4-9,14H,10H2,1-3H3,(H,20,22)/p+1/t14-/m1/s1. The summed E-state index contributed by atoms with van der Waals surface area (Å²) >= 11 is 6.02. The van der Waals surface area contributed by atoms with Crippen molar-refractivity contribution in [1.82, 2.24) is 5.32 Å². The second-order valence-corrected chi connectivity index (χ2v) is 6.49. The maximum Gasteiger partial charge on any atom is 0.287 e. The van der Waals surface area contributed by atoms with E-state index in [0.29, 0.717) is 22.9 Å². The van der Waals surface area contributed by atoms with Gasteiger partial charge in [-0.25, -0.2) is 0 Å². The quantitative estimate of drug-likeness (QED) is 0.746. The first-order chi connectivity index (χ1) is 11.5. The summed E-state index contributed by atoms with van der Waals surface area (Å²) in [6, 6.07) is 9.12. The maximum absolute atomic E-state index is 12.5. The lowest BCUT2D eigenvalue weighted by molar-refractivity contribution is -0.891. The monoisotopic (exact) mass is 347 g/mol. The normalized spacial score (nSPS) is 12.7. The molecule has 2 aromatic heterocycles. The van der Waals surface area contributed by atoms with Crippen molar-refractivity contribution >= 4 is 28.5 Å². The molecule has 2 N–H and O–H groups in total. The molecule has 0 saturated carbocycles. The van der Waals surface area contributed by atoms with Crippen LogP contribution in [0.15, 0.2) is 45.4 Å². The van der Waals surface area contributed by atoms with Gasteiger partial charge in [-0.15, -0.1) is 0 Å². The molecule has 1 amide bonds. The smallest absolute Gasteiger partial charge is 0.287 e. The van der Waals surface area contributed by atoms with E-state index in [1.807, 2.05) is 39.2 Å².